The highest BCUT2D eigenvalue weighted by molar-refractivity contribution is 5.78. The number of fused-ring (bicyclic) bond motifs is 5. The fourth-order valence-corrected chi connectivity index (χ4v) is 5.59. The Morgan fingerprint density at radius 1 is 1.19 bits per heavy atom. The largest absolute Gasteiger partial charge is 0.481 e. The molecule has 0 amide bonds. The second-order valence-corrected chi connectivity index (χ2v) is 9.98. The summed E-state index contributed by atoms with van der Waals surface area (Å²) in [6.45, 7) is 1.05. The fraction of sp³-hybridized carbons (Fsp3) is 0.407. The lowest BCUT2D eigenvalue weighted by Crippen LogP contribution is -2.61. The fourth-order valence-electron chi connectivity index (χ4n) is 5.59. The van der Waals surface area contributed by atoms with E-state index in [9.17, 15) is 9.18 Å². The summed E-state index contributed by atoms with van der Waals surface area (Å²) in [5, 5.41) is 4.54. The lowest BCUT2D eigenvalue weighted by molar-refractivity contribution is -0.165. The number of nitrogens with one attached hydrogen (secondary N) is 2. The van der Waals surface area contributed by atoms with E-state index in [-0.39, 0.29) is 22.5 Å². The standard InChI is InChI=1S/C27H28FN5O3/c1-35-22-5-4-21-23(32-22)19(20(28)15-30-21)6-7-27-10-8-26(9-11-27,16-36-27)31-14-18-13-17-3-2-12-29-24(17)33-25(18)34/h2-5,12-13,15,31H,6-11,14,16H2,1H3,(H,29,33,34). The van der Waals surface area contributed by atoms with Gasteiger partial charge in [-0.25, -0.2) is 14.4 Å². The molecule has 2 N–H and O–H groups in total. The number of H-pyrrole nitrogens is 1. The number of halogens is 1. The molecule has 2 aliphatic heterocycles. The number of methoxy groups -OCH3 is 1. The average molecular weight is 490 g/mol. The minimum absolute atomic E-state index is 0.121. The highest BCUT2D eigenvalue weighted by Crippen LogP contribution is 2.46. The van der Waals surface area contributed by atoms with Crippen molar-refractivity contribution >= 4 is 22.1 Å². The molecule has 6 heterocycles. The first-order valence-corrected chi connectivity index (χ1v) is 12.3. The second kappa shape index (κ2) is 8.90. The van der Waals surface area contributed by atoms with Crippen molar-refractivity contribution in [3.63, 3.8) is 0 Å². The molecule has 2 bridgehead atoms. The van der Waals surface area contributed by atoms with E-state index in [0.717, 1.165) is 37.5 Å². The molecule has 4 aromatic heterocycles. The molecule has 0 radical (unpaired) electrons. The first kappa shape index (κ1) is 23.0. The third kappa shape index (κ3) is 4.12. The van der Waals surface area contributed by atoms with Gasteiger partial charge < -0.3 is 19.8 Å². The van der Waals surface area contributed by atoms with Crippen LogP contribution in [0.5, 0.6) is 5.88 Å². The van der Waals surface area contributed by atoms with Crippen molar-refractivity contribution < 1.29 is 13.9 Å². The van der Waals surface area contributed by atoms with Crippen LogP contribution in [0.4, 0.5) is 4.39 Å². The van der Waals surface area contributed by atoms with Crippen LogP contribution in [0.25, 0.3) is 22.1 Å². The van der Waals surface area contributed by atoms with E-state index in [1.807, 2.05) is 18.2 Å². The van der Waals surface area contributed by atoms with Gasteiger partial charge in [0.15, 0.2) is 0 Å². The smallest absolute Gasteiger partial charge is 0.254 e. The van der Waals surface area contributed by atoms with Gasteiger partial charge >= 0.3 is 0 Å². The summed E-state index contributed by atoms with van der Waals surface area (Å²) in [6.07, 6.45) is 7.85. The molecule has 36 heavy (non-hydrogen) atoms. The Hall–Kier alpha value is -3.43. The highest BCUT2D eigenvalue weighted by Gasteiger charge is 2.49. The Morgan fingerprint density at radius 3 is 2.83 bits per heavy atom. The summed E-state index contributed by atoms with van der Waals surface area (Å²) in [7, 11) is 1.55. The maximum absolute atomic E-state index is 14.8. The topological polar surface area (TPSA) is 102 Å². The molecule has 3 aliphatic rings. The first-order valence-electron chi connectivity index (χ1n) is 12.3. The zero-order valence-corrected chi connectivity index (χ0v) is 20.1. The van der Waals surface area contributed by atoms with E-state index in [4.69, 9.17) is 9.47 Å². The Labute approximate surface area is 207 Å². The molecule has 8 nitrogen and oxygen atoms in total. The third-order valence-electron chi connectivity index (χ3n) is 7.90. The van der Waals surface area contributed by atoms with Crippen LogP contribution in [-0.2, 0) is 17.7 Å². The van der Waals surface area contributed by atoms with E-state index in [1.165, 1.54) is 6.20 Å². The van der Waals surface area contributed by atoms with Crippen molar-refractivity contribution in [2.24, 2.45) is 0 Å². The Kier molecular flexibility index (Phi) is 5.69. The summed E-state index contributed by atoms with van der Waals surface area (Å²) in [4.78, 5) is 28.2. The molecule has 186 valence electrons. The van der Waals surface area contributed by atoms with Gasteiger partial charge in [0.05, 0.1) is 36.5 Å². The number of aromatic nitrogens is 4. The van der Waals surface area contributed by atoms with E-state index in [0.29, 0.717) is 53.3 Å². The van der Waals surface area contributed by atoms with Crippen LogP contribution >= 0.6 is 0 Å². The Bertz CT molecular complexity index is 1480. The minimum Gasteiger partial charge on any atom is -0.481 e. The van der Waals surface area contributed by atoms with Crippen molar-refractivity contribution in [2.45, 2.75) is 56.2 Å². The van der Waals surface area contributed by atoms with Crippen molar-refractivity contribution in [1.29, 1.82) is 0 Å². The van der Waals surface area contributed by atoms with E-state index in [2.05, 4.69) is 25.3 Å². The van der Waals surface area contributed by atoms with Crippen LogP contribution in [0.1, 0.15) is 43.2 Å². The molecule has 7 rings (SSSR count). The number of hydrogen-bond acceptors (Lipinski definition) is 7. The summed E-state index contributed by atoms with van der Waals surface area (Å²) in [5.41, 5.74) is 2.50. The van der Waals surface area contributed by atoms with Crippen molar-refractivity contribution in [1.82, 2.24) is 25.3 Å². The molecule has 0 unspecified atom stereocenters. The number of aromatic amines is 1. The van der Waals surface area contributed by atoms with Gasteiger partial charge in [0.2, 0.25) is 5.88 Å². The Balaban J connectivity index is 1.13. The van der Waals surface area contributed by atoms with E-state index >= 15 is 0 Å². The monoisotopic (exact) mass is 489 g/mol. The van der Waals surface area contributed by atoms with Crippen LogP contribution in [0.15, 0.2) is 47.5 Å². The molecular weight excluding hydrogens is 461 g/mol. The van der Waals surface area contributed by atoms with E-state index < -0.39 is 0 Å². The van der Waals surface area contributed by atoms with Gasteiger partial charge in [0, 0.05) is 40.9 Å². The molecule has 2 saturated heterocycles. The van der Waals surface area contributed by atoms with Crippen LogP contribution in [-0.4, -0.2) is 44.8 Å². The number of hydrogen-bond donors (Lipinski definition) is 2. The normalized spacial score (nSPS) is 23.4. The maximum atomic E-state index is 14.8. The van der Waals surface area contributed by atoms with Crippen LogP contribution < -0.4 is 15.6 Å². The lowest BCUT2D eigenvalue weighted by Gasteiger charge is -2.53. The zero-order valence-electron chi connectivity index (χ0n) is 20.1. The predicted molar refractivity (Wildman–Crippen MR) is 133 cm³/mol. The number of ether oxygens (including phenoxy) is 2. The molecule has 9 heteroatoms. The van der Waals surface area contributed by atoms with Gasteiger partial charge in [0.25, 0.3) is 5.56 Å². The first-order chi connectivity index (χ1) is 17.5. The summed E-state index contributed by atoms with van der Waals surface area (Å²) in [5.74, 6) is 0.0939. The lowest BCUT2D eigenvalue weighted by atomic mass is 9.69. The molecule has 1 aliphatic carbocycles. The number of rotatable bonds is 7. The summed E-state index contributed by atoms with van der Waals surface area (Å²) < 4.78 is 26.4. The number of aryl methyl sites for hydroxylation is 1. The second-order valence-electron chi connectivity index (χ2n) is 9.98. The number of nitrogens with zero attached hydrogens (tertiary/aromatic N) is 3. The van der Waals surface area contributed by atoms with Crippen molar-refractivity contribution in [3.8, 4) is 5.88 Å². The average Bonchev–Trinajstić information content (AvgIpc) is 2.92. The van der Waals surface area contributed by atoms with Gasteiger partial charge in [-0.15, -0.1) is 0 Å². The van der Waals surface area contributed by atoms with Gasteiger partial charge in [0.1, 0.15) is 11.5 Å². The van der Waals surface area contributed by atoms with E-state index in [1.54, 1.807) is 25.4 Å². The Morgan fingerprint density at radius 2 is 2.06 bits per heavy atom. The van der Waals surface area contributed by atoms with Gasteiger partial charge in [-0.2, -0.15) is 0 Å². The quantitative estimate of drug-likeness (QED) is 0.407. The predicted octanol–water partition coefficient (Wildman–Crippen LogP) is 3.82. The highest BCUT2D eigenvalue weighted by atomic mass is 19.1. The van der Waals surface area contributed by atoms with Gasteiger partial charge in [-0.05, 0) is 62.8 Å². The molecule has 0 aromatic carbocycles. The molecule has 3 fully saturated rings. The molecular formula is C27H28FN5O3. The van der Waals surface area contributed by atoms with Crippen molar-refractivity contribution in [2.75, 3.05) is 13.7 Å². The van der Waals surface area contributed by atoms with Crippen LogP contribution in [0, 0.1) is 5.82 Å². The zero-order chi connectivity index (χ0) is 24.8. The molecule has 0 atom stereocenters. The molecule has 0 spiro atoms. The summed E-state index contributed by atoms with van der Waals surface area (Å²) >= 11 is 0. The summed E-state index contributed by atoms with van der Waals surface area (Å²) in [6, 6.07) is 9.24. The SMILES string of the molecule is COc1ccc2ncc(F)c(CCC34CCC(NCc5cc6cccnc6[nH]c5=O)(CC3)CO4)c2n1. The van der Waals surface area contributed by atoms with Gasteiger partial charge in [-0.3, -0.25) is 9.78 Å². The van der Waals surface area contributed by atoms with Gasteiger partial charge in [-0.1, -0.05) is 0 Å². The molecule has 1 saturated carbocycles. The third-order valence-corrected chi connectivity index (χ3v) is 7.90. The minimum atomic E-state index is -0.349. The molecule has 4 aromatic rings. The van der Waals surface area contributed by atoms with Crippen molar-refractivity contribution in [3.05, 3.63) is 70.0 Å². The maximum Gasteiger partial charge on any atom is 0.254 e. The van der Waals surface area contributed by atoms with Crippen LogP contribution in [0.2, 0.25) is 0 Å². The number of pyridine rings is 4. The van der Waals surface area contributed by atoms with Crippen LogP contribution in [0.3, 0.4) is 0 Å².